The second-order valence-electron chi connectivity index (χ2n) is 3.27. The molecule has 3 N–H and O–H groups in total. The topological polar surface area (TPSA) is 73.6 Å². The SMILES string of the molecule is COC(=O)C1CNc2cc(N)ccc2O1. The molecule has 0 aromatic heterocycles. The maximum absolute atomic E-state index is 11.2. The van der Waals surface area contributed by atoms with Crippen LogP contribution in [-0.2, 0) is 9.53 Å². The zero-order chi connectivity index (χ0) is 10.8. The van der Waals surface area contributed by atoms with Gasteiger partial charge in [-0.3, -0.25) is 0 Å². The Kier molecular flexibility index (Phi) is 2.37. The maximum Gasteiger partial charge on any atom is 0.348 e. The molecular weight excluding hydrogens is 196 g/mol. The third kappa shape index (κ3) is 1.81. The first kappa shape index (κ1) is 9.64. The van der Waals surface area contributed by atoms with Gasteiger partial charge in [-0.25, -0.2) is 4.79 Å². The molecule has 5 nitrogen and oxygen atoms in total. The van der Waals surface area contributed by atoms with Crippen molar-refractivity contribution in [1.29, 1.82) is 0 Å². The second kappa shape index (κ2) is 3.68. The minimum atomic E-state index is -0.592. The molecule has 15 heavy (non-hydrogen) atoms. The zero-order valence-corrected chi connectivity index (χ0v) is 8.32. The number of rotatable bonds is 1. The fraction of sp³-hybridized carbons (Fsp3) is 0.300. The molecule has 1 atom stereocenters. The molecule has 0 fully saturated rings. The third-order valence-corrected chi connectivity index (χ3v) is 2.21. The molecular formula is C10H12N2O3. The van der Waals surface area contributed by atoms with E-state index in [1.165, 1.54) is 7.11 Å². The van der Waals surface area contributed by atoms with E-state index in [-0.39, 0.29) is 5.97 Å². The van der Waals surface area contributed by atoms with Crippen molar-refractivity contribution in [2.75, 3.05) is 24.7 Å². The minimum Gasteiger partial charge on any atom is -0.475 e. The van der Waals surface area contributed by atoms with Gasteiger partial charge in [0, 0.05) is 5.69 Å². The summed E-state index contributed by atoms with van der Waals surface area (Å²) in [4.78, 5) is 11.2. The van der Waals surface area contributed by atoms with Crippen LogP contribution in [0.1, 0.15) is 0 Å². The number of methoxy groups -OCH3 is 1. The average molecular weight is 208 g/mol. The van der Waals surface area contributed by atoms with Gasteiger partial charge in [0.05, 0.1) is 19.3 Å². The van der Waals surface area contributed by atoms with Crippen molar-refractivity contribution in [2.45, 2.75) is 6.10 Å². The summed E-state index contributed by atoms with van der Waals surface area (Å²) in [6.45, 7) is 0.392. The summed E-state index contributed by atoms with van der Waals surface area (Å²) in [5.41, 5.74) is 7.07. The van der Waals surface area contributed by atoms with Gasteiger partial charge in [0.25, 0.3) is 0 Å². The predicted octanol–water partition coefficient (Wildman–Crippen LogP) is 0.615. The lowest BCUT2D eigenvalue weighted by atomic mass is 10.2. The molecule has 0 radical (unpaired) electrons. The molecule has 1 unspecified atom stereocenters. The Hall–Kier alpha value is -1.91. The number of nitrogen functional groups attached to an aromatic ring is 1. The Morgan fingerprint density at radius 1 is 1.67 bits per heavy atom. The van der Waals surface area contributed by atoms with E-state index in [9.17, 15) is 4.79 Å². The van der Waals surface area contributed by atoms with Crippen LogP contribution >= 0.6 is 0 Å². The molecule has 1 aliphatic rings. The van der Waals surface area contributed by atoms with Gasteiger partial charge in [0.15, 0.2) is 0 Å². The van der Waals surface area contributed by atoms with Gasteiger partial charge < -0.3 is 20.5 Å². The molecule has 1 aromatic carbocycles. The van der Waals surface area contributed by atoms with Crippen molar-refractivity contribution in [2.24, 2.45) is 0 Å². The monoisotopic (exact) mass is 208 g/mol. The molecule has 0 aliphatic carbocycles. The van der Waals surface area contributed by atoms with Crippen molar-refractivity contribution in [1.82, 2.24) is 0 Å². The van der Waals surface area contributed by atoms with E-state index in [1.54, 1.807) is 18.2 Å². The molecule has 2 rings (SSSR count). The number of carbonyl (C=O) groups excluding carboxylic acids is 1. The van der Waals surface area contributed by atoms with Gasteiger partial charge in [0.2, 0.25) is 6.10 Å². The molecule has 0 spiro atoms. The Morgan fingerprint density at radius 3 is 3.20 bits per heavy atom. The molecule has 1 aromatic rings. The highest BCUT2D eigenvalue weighted by atomic mass is 16.6. The largest absolute Gasteiger partial charge is 0.475 e. The predicted molar refractivity (Wildman–Crippen MR) is 55.8 cm³/mol. The van der Waals surface area contributed by atoms with Gasteiger partial charge in [-0.05, 0) is 18.2 Å². The van der Waals surface area contributed by atoms with Crippen LogP contribution in [0, 0.1) is 0 Å². The number of hydrogen-bond donors (Lipinski definition) is 2. The van der Waals surface area contributed by atoms with Crippen LogP contribution in [0.2, 0.25) is 0 Å². The summed E-state index contributed by atoms with van der Waals surface area (Å²) < 4.78 is 10.0. The standard InChI is InChI=1S/C10H12N2O3/c1-14-10(13)9-5-12-7-4-6(11)2-3-8(7)15-9/h2-4,9,12H,5,11H2,1H3. The zero-order valence-electron chi connectivity index (χ0n) is 8.32. The minimum absolute atomic E-state index is 0.384. The number of benzene rings is 1. The number of ether oxygens (including phenoxy) is 2. The average Bonchev–Trinajstić information content (AvgIpc) is 2.27. The summed E-state index contributed by atoms with van der Waals surface area (Å²) in [6, 6.07) is 5.22. The second-order valence-corrected chi connectivity index (χ2v) is 3.27. The van der Waals surface area contributed by atoms with E-state index in [0.29, 0.717) is 18.0 Å². The number of nitrogens with two attached hydrogens (primary N) is 1. The maximum atomic E-state index is 11.2. The number of hydrogen-bond acceptors (Lipinski definition) is 5. The summed E-state index contributed by atoms with van der Waals surface area (Å²) in [5, 5.41) is 3.06. The van der Waals surface area contributed by atoms with Crippen molar-refractivity contribution >= 4 is 17.3 Å². The first-order valence-corrected chi connectivity index (χ1v) is 4.58. The fourth-order valence-corrected chi connectivity index (χ4v) is 1.45. The number of anilines is 2. The normalized spacial score (nSPS) is 18.3. The van der Waals surface area contributed by atoms with Gasteiger partial charge in [0.1, 0.15) is 5.75 Å². The Labute approximate surface area is 87.2 Å². The number of nitrogens with one attached hydrogen (secondary N) is 1. The molecule has 0 bridgehead atoms. The summed E-state index contributed by atoms with van der Waals surface area (Å²) in [6.07, 6.45) is -0.592. The Morgan fingerprint density at radius 2 is 2.47 bits per heavy atom. The van der Waals surface area contributed by atoms with E-state index in [1.807, 2.05) is 0 Å². The van der Waals surface area contributed by atoms with Crippen LogP contribution in [0.15, 0.2) is 18.2 Å². The van der Waals surface area contributed by atoms with Gasteiger partial charge in [-0.2, -0.15) is 0 Å². The highest BCUT2D eigenvalue weighted by Gasteiger charge is 2.26. The molecule has 1 aliphatic heterocycles. The Bertz CT molecular complexity index is 392. The third-order valence-electron chi connectivity index (χ3n) is 2.21. The quantitative estimate of drug-likeness (QED) is 0.522. The molecule has 0 saturated heterocycles. The number of esters is 1. The highest BCUT2D eigenvalue weighted by molar-refractivity contribution is 5.78. The van der Waals surface area contributed by atoms with E-state index < -0.39 is 6.10 Å². The van der Waals surface area contributed by atoms with Crippen molar-refractivity contribution in [3.8, 4) is 5.75 Å². The Balaban J connectivity index is 2.20. The van der Waals surface area contributed by atoms with Crippen molar-refractivity contribution in [3.63, 3.8) is 0 Å². The van der Waals surface area contributed by atoms with E-state index in [0.717, 1.165) is 5.69 Å². The van der Waals surface area contributed by atoms with Crippen molar-refractivity contribution < 1.29 is 14.3 Å². The molecule has 0 amide bonds. The van der Waals surface area contributed by atoms with Gasteiger partial charge in [-0.15, -0.1) is 0 Å². The lowest BCUT2D eigenvalue weighted by Gasteiger charge is -2.25. The molecule has 1 heterocycles. The van der Waals surface area contributed by atoms with Crippen molar-refractivity contribution in [3.05, 3.63) is 18.2 Å². The van der Waals surface area contributed by atoms with Gasteiger partial charge >= 0.3 is 5.97 Å². The lowest BCUT2D eigenvalue weighted by Crippen LogP contribution is -2.38. The fourth-order valence-electron chi connectivity index (χ4n) is 1.45. The van der Waals surface area contributed by atoms with E-state index in [4.69, 9.17) is 10.5 Å². The van der Waals surface area contributed by atoms with Crippen LogP contribution in [0.5, 0.6) is 5.75 Å². The molecule has 80 valence electrons. The van der Waals surface area contributed by atoms with Crippen LogP contribution in [0.25, 0.3) is 0 Å². The van der Waals surface area contributed by atoms with E-state index >= 15 is 0 Å². The summed E-state index contributed by atoms with van der Waals surface area (Å²) in [7, 11) is 1.34. The first-order valence-electron chi connectivity index (χ1n) is 4.58. The number of carbonyl (C=O) groups is 1. The van der Waals surface area contributed by atoms with Crippen LogP contribution in [0.3, 0.4) is 0 Å². The van der Waals surface area contributed by atoms with Gasteiger partial charge in [-0.1, -0.05) is 0 Å². The summed E-state index contributed by atoms with van der Waals surface area (Å²) in [5.74, 6) is 0.232. The molecule has 0 saturated carbocycles. The lowest BCUT2D eigenvalue weighted by molar-refractivity contribution is -0.148. The van der Waals surface area contributed by atoms with Crippen LogP contribution < -0.4 is 15.8 Å². The molecule has 5 heteroatoms. The summed E-state index contributed by atoms with van der Waals surface area (Å²) >= 11 is 0. The smallest absolute Gasteiger partial charge is 0.348 e. The first-order chi connectivity index (χ1) is 7.20. The highest BCUT2D eigenvalue weighted by Crippen LogP contribution is 2.30. The van der Waals surface area contributed by atoms with Crippen LogP contribution in [-0.4, -0.2) is 25.7 Å². The van der Waals surface area contributed by atoms with Crippen LogP contribution in [0.4, 0.5) is 11.4 Å². The van der Waals surface area contributed by atoms with E-state index in [2.05, 4.69) is 10.1 Å². The number of fused-ring (bicyclic) bond motifs is 1.